The molecule has 2 aromatic carbocycles. The Labute approximate surface area is 189 Å². The van der Waals surface area contributed by atoms with Gasteiger partial charge in [-0.1, -0.05) is 54.9 Å². The normalized spacial score (nSPS) is 15.0. The molecule has 5 heteroatoms. The second kappa shape index (κ2) is 7.77. The Morgan fingerprint density at radius 2 is 1.80 bits per heavy atom. The fraction of sp³-hybridized carbons (Fsp3) is 0.400. The molecule has 1 aliphatic carbocycles. The second-order valence-electron chi connectivity index (χ2n) is 9.71. The van der Waals surface area contributed by atoms with Gasteiger partial charge < -0.3 is 4.43 Å². The summed E-state index contributed by atoms with van der Waals surface area (Å²) in [7, 11) is 0.344. The number of nitrogens with zero attached hydrogens (tertiary/aromatic N) is 1. The van der Waals surface area contributed by atoms with Crippen molar-refractivity contribution < 1.29 is 4.43 Å². The van der Waals surface area contributed by atoms with Crippen LogP contribution in [0, 0.1) is 0 Å². The zero-order valence-corrected chi connectivity index (χ0v) is 20.8. The van der Waals surface area contributed by atoms with E-state index in [2.05, 4.69) is 68.7 Å². The van der Waals surface area contributed by atoms with E-state index in [4.69, 9.17) is 4.43 Å². The van der Waals surface area contributed by atoms with Crippen LogP contribution in [0.25, 0.3) is 16.5 Å². The average Bonchev–Trinajstić information content (AvgIpc) is 3.51. The van der Waals surface area contributed by atoms with Crippen LogP contribution in [0.15, 0.2) is 57.9 Å². The highest BCUT2D eigenvalue weighted by molar-refractivity contribution is 9.10. The number of fused-ring (bicyclic) bond motifs is 1. The number of benzene rings is 2. The zero-order valence-electron chi connectivity index (χ0n) is 18.3. The van der Waals surface area contributed by atoms with Crippen LogP contribution in [-0.4, -0.2) is 14.3 Å². The SMILES string of the molecule is CC(C)(C)[Si]OC(C)(C)c1c(Br)cccc1-n1ccc2cc(C3CC3)ccc2c1=O. The van der Waals surface area contributed by atoms with Crippen LogP contribution in [0.5, 0.6) is 0 Å². The molecule has 156 valence electrons. The fourth-order valence-corrected chi connectivity index (χ4v) is 5.26. The quantitative estimate of drug-likeness (QED) is 0.378. The van der Waals surface area contributed by atoms with Gasteiger partial charge in [-0.2, -0.15) is 0 Å². The third kappa shape index (κ3) is 4.34. The lowest BCUT2D eigenvalue weighted by Crippen LogP contribution is -2.30. The maximum Gasteiger partial charge on any atom is 0.262 e. The Morgan fingerprint density at radius 1 is 1.07 bits per heavy atom. The molecule has 1 heterocycles. The van der Waals surface area contributed by atoms with Crippen LogP contribution < -0.4 is 5.56 Å². The van der Waals surface area contributed by atoms with E-state index in [1.165, 1.54) is 18.4 Å². The molecule has 0 atom stereocenters. The van der Waals surface area contributed by atoms with Gasteiger partial charge in [-0.3, -0.25) is 9.36 Å². The van der Waals surface area contributed by atoms with Gasteiger partial charge in [0.1, 0.15) is 0 Å². The molecule has 0 N–H and O–H groups in total. The number of pyridine rings is 1. The van der Waals surface area contributed by atoms with Crippen LogP contribution in [0.4, 0.5) is 0 Å². The maximum absolute atomic E-state index is 13.4. The van der Waals surface area contributed by atoms with E-state index in [-0.39, 0.29) is 10.6 Å². The van der Waals surface area contributed by atoms with Gasteiger partial charge in [0.25, 0.3) is 5.56 Å². The van der Waals surface area contributed by atoms with Crippen molar-refractivity contribution in [1.29, 1.82) is 0 Å². The van der Waals surface area contributed by atoms with E-state index in [9.17, 15) is 4.79 Å². The standard InChI is InChI=1S/C25H28BrNO2Si/c1-24(2,3)30-29-25(4,5)22-20(26)7-6-8-21(22)27-14-13-18-15-17(16-9-10-16)11-12-19(18)23(27)28/h6-8,11-16H,9-10H2,1-5H3. The first-order valence-electron chi connectivity index (χ1n) is 10.5. The van der Waals surface area contributed by atoms with Crippen LogP contribution in [0.1, 0.15) is 64.5 Å². The van der Waals surface area contributed by atoms with Gasteiger partial charge in [0.15, 0.2) is 0 Å². The van der Waals surface area contributed by atoms with Gasteiger partial charge in [-0.05, 0) is 72.9 Å². The highest BCUT2D eigenvalue weighted by atomic mass is 79.9. The molecule has 1 saturated carbocycles. The van der Waals surface area contributed by atoms with Crippen molar-refractivity contribution >= 4 is 36.5 Å². The fourth-order valence-electron chi connectivity index (χ4n) is 3.77. The number of hydrogen-bond donors (Lipinski definition) is 0. The Hall–Kier alpha value is -1.69. The van der Waals surface area contributed by atoms with Crippen LogP contribution >= 0.6 is 15.9 Å². The molecule has 0 unspecified atom stereocenters. The van der Waals surface area contributed by atoms with Gasteiger partial charge in [-0.15, -0.1) is 0 Å². The Balaban J connectivity index is 1.82. The Morgan fingerprint density at radius 3 is 2.47 bits per heavy atom. The average molecular weight is 482 g/mol. The van der Waals surface area contributed by atoms with Gasteiger partial charge in [0.2, 0.25) is 9.76 Å². The lowest BCUT2D eigenvalue weighted by atomic mass is 9.96. The van der Waals surface area contributed by atoms with Crippen LogP contribution in [0.2, 0.25) is 5.04 Å². The van der Waals surface area contributed by atoms with E-state index < -0.39 is 5.60 Å². The predicted molar refractivity (Wildman–Crippen MR) is 129 cm³/mol. The van der Waals surface area contributed by atoms with E-state index in [1.54, 1.807) is 4.57 Å². The molecule has 1 aromatic heterocycles. The zero-order chi connectivity index (χ0) is 21.7. The van der Waals surface area contributed by atoms with Crippen molar-refractivity contribution in [3.63, 3.8) is 0 Å². The second-order valence-corrected chi connectivity index (χ2v) is 12.5. The molecule has 30 heavy (non-hydrogen) atoms. The summed E-state index contributed by atoms with van der Waals surface area (Å²) >= 11 is 3.72. The lowest BCUT2D eigenvalue weighted by Gasteiger charge is -2.32. The Bertz CT molecular complexity index is 1160. The maximum atomic E-state index is 13.4. The number of hydrogen-bond acceptors (Lipinski definition) is 2. The molecule has 1 aliphatic rings. The van der Waals surface area contributed by atoms with Crippen molar-refractivity contribution in [2.75, 3.05) is 0 Å². The highest BCUT2D eigenvalue weighted by Gasteiger charge is 2.30. The smallest absolute Gasteiger partial charge is 0.262 e. The summed E-state index contributed by atoms with van der Waals surface area (Å²) in [6.45, 7) is 10.7. The first-order valence-corrected chi connectivity index (χ1v) is 12.2. The van der Waals surface area contributed by atoms with Crippen molar-refractivity contribution in [3.8, 4) is 5.69 Å². The Kier molecular flexibility index (Phi) is 5.58. The van der Waals surface area contributed by atoms with Crippen molar-refractivity contribution in [2.24, 2.45) is 0 Å². The molecular formula is C25H28BrNO2Si. The summed E-state index contributed by atoms with van der Waals surface area (Å²) in [6, 6.07) is 14.3. The minimum absolute atomic E-state index is 0.00303. The molecule has 4 rings (SSSR count). The van der Waals surface area contributed by atoms with Gasteiger partial charge in [-0.25, -0.2) is 0 Å². The first-order chi connectivity index (χ1) is 14.1. The molecule has 0 spiro atoms. The summed E-state index contributed by atoms with van der Waals surface area (Å²) < 4.78 is 9.08. The molecule has 0 amide bonds. The van der Waals surface area contributed by atoms with Crippen molar-refractivity contribution in [2.45, 2.75) is 64.0 Å². The monoisotopic (exact) mass is 481 g/mol. The molecule has 0 aliphatic heterocycles. The summed E-state index contributed by atoms with van der Waals surface area (Å²) in [5.74, 6) is 0.676. The lowest BCUT2D eigenvalue weighted by molar-refractivity contribution is 0.108. The van der Waals surface area contributed by atoms with E-state index >= 15 is 0 Å². The third-order valence-corrected chi connectivity index (χ3v) is 7.33. The van der Waals surface area contributed by atoms with Gasteiger partial charge in [0.05, 0.1) is 11.3 Å². The van der Waals surface area contributed by atoms with Crippen LogP contribution in [-0.2, 0) is 10.0 Å². The summed E-state index contributed by atoms with van der Waals surface area (Å²) in [6.07, 6.45) is 4.41. The number of aromatic nitrogens is 1. The molecule has 0 saturated heterocycles. The van der Waals surface area contributed by atoms with Crippen LogP contribution in [0.3, 0.4) is 0 Å². The third-order valence-electron chi connectivity index (χ3n) is 5.44. The molecule has 3 nitrogen and oxygen atoms in total. The highest BCUT2D eigenvalue weighted by Crippen LogP contribution is 2.41. The number of rotatable bonds is 5. The van der Waals surface area contributed by atoms with Crippen molar-refractivity contribution in [1.82, 2.24) is 4.57 Å². The minimum Gasteiger partial charge on any atom is -0.408 e. The topological polar surface area (TPSA) is 31.2 Å². The van der Waals surface area contributed by atoms with Gasteiger partial charge in [0, 0.05) is 21.6 Å². The summed E-state index contributed by atoms with van der Waals surface area (Å²) in [5.41, 5.74) is 2.64. The largest absolute Gasteiger partial charge is 0.408 e. The first kappa shape index (κ1) is 21.5. The summed E-state index contributed by atoms with van der Waals surface area (Å²) in [4.78, 5) is 13.4. The minimum atomic E-state index is -0.550. The van der Waals surface area contributed by atoms with Gasteiger partial charge >= 0.3 is 0 Å². The van der Waals surface area contributed by atoms with E-state index in [1.807, 2.05) is 30.5 Å². The predicted octanol–water partition coefficient (Wildman–Crippen LogP) is 6.72. The molecule has 3 aromatic rings. The molecule has 1 fully saturated rings. The summed E-state index contributed by atoms with van der Waals surface area (Å²) in [5, 5.41) is 1.85. The molecule has 0 bridgehead atoms. The van der Waals surface area contributed by atoms with E-state index in [0.717, 1.165) is 26.5 Å². The van der Waals surface area contributed by atoms with Crippen molar-refractivity contribution in [3.05, 3.63) is 74.6 Å². The van der Waals surface area contributed by atoms with E-state index in [0.29, 0.717) is 15.7 Å². The number of halogens is 1. The molecule has 2 radical (unpaired) electrons. The molecular weight excluding hydrogens is 454 g/mol.